The van der Waals surface area contributed by atoms with Gasteiger partial charge in [0.15, 0.2) is 0 Å². The van der Waals surface area contributed by atoms with Crippen molar-refractivity contribution in [2.75, 3.05) is 0 Å². The number of nitrogens with zero attached hydrogens (tertiary/aromatic N) is 2. The number of benzene rings is 2. The Kier molecular flexibility index (Phi) is 5.51. The van der Waals surface area contributed by atoms with Crippen LogP contribution in [-0.2, 0) is 4.74 Å². The number of fused-ring (bicyclic) bond motifs is 3. The normalized spacial score (nSPS) is 22.4. The summed E-state index contributed by atoms with van der Waals surface area (Å²) in [5, 5.41) is 1.16. The number of hydrogen-bond acceptors (Lipinski definition) is 4. The highest BCUT2D eigenvalue weighted by atomic mass is 16.6. The molecule has 0 spiro atoms. The molecular formula is C28H32N2O3. The minimum Gasteiger partial charge on any atom is -0.490 e. The van der Waals surface area contributed by atoms with E-state index in [0.29, 0.717) is 0 Å². The van der Waals surface area contributed by atoms with Crippen molar-refractivity contribution in [1.82, 2.24) is 9.88 Å². The monoisotopic (exact) mass is 444 g/mol. The van der Waals surface area contributed by atoms with E-state index in [-0.39, 0.29) is 24.3 Å². The van der Waals surface area contributed by atoms with Crippen LogP contribution in [0.5, 0.6) is 5.75 Å². The minimum absolute atomic E-state index is 0.124. The molecule has 5 rings (SSSR count). The van der Waals surface area contributed by atoms with Crippen LogP contribution in [-0.4, -0.2) is 39.8 Å². The molecule has 0 radical (unpaired) electrons. The molecule has 3 atom stereocenters. The number of amides is 1. The Morgan fingerprint density at radius 3 is 2.36 bits per heavy atom. The van der Waals surface area contributed by atoms with Crippen molar-refractivity contribution in [3.05, 3.63) is 60.3 Å². The molecule has 0 aliphatic carbocycles. The SMILES string of the molecule is Cc1c(-c2ccc(O[C@@H]3C[C@H]4CC[C@@H](C3)N4C(=O)OC(C)(C)C)cc2)ccc2cccnc12. The molecule has 2 bridgehead atoms. The molecule has 2 fully saturated rings. The lowest BCUT2D eigenvalue weighted by molar-refractivity contribution is -0.00707. The molecular weight excluding hydrogens is 412 g/mol. The molecule has 5 heteroatoms. The maximum absolute atomic E-state index is 12.7. The lowest BCUT2D eigenvalue weighted by atomic mass is 9.97. The molecule has 1 amide bonds. The molecule has 2 saturated heterocycles. The first kappa shape index (κ1) is 21.7. The van der Waals surface area contributed by atoms with E-state index in [1.165, 1.54) is 11.1 Å². The van der Waals surface area contributed by atoms with Gasteiger partial charge in [0, 0.05) is 36.5 Å². The van der Waals surface area contributed by atoms with Crippen molar-refractivity contribution in [2.24, 2.45) is 0 Å². The Morgan fingerprint density at radius 1 is 1.00 bits per heavy atom. The molecule has 0 N–H and O–H groups in total. The third-order valence-electron chi connectivity index (χ3n) is 6.79. The molecule has 2 aromatic carbocycles. The molecule has 0 saturated carbocycles. The Bertz CT molecular complexity index is 1150. The molecule has 5 nitrogen and oxygen atoms in total. The Balaban J connectivity index is 1.27. The van der Waals surface area contributed by atoms with Crippen LogP contribution in [0.25, 0.3) is 22.0 Å². The zero-order chi connectivity index (χ0) is 23.2. The van der Waals surface area contributed by atoms with Gasteiger partial charge in [-0.3, -0.25) is 4.98 Å². The van der Waals surface area contributed by atoms with Gasteiger partial charge in [-0.05, 0) is 75.4 Å². The number of rotatable bonds is 3. The van der Waals surface area contributed by atoms with E-state index < -0.39 is 5.60 Å². The van der Waals surface area contributed by atoms with Gasteiger partial charge in [-0.1, -0.05) is 30.3 Å². The molecule has 33 heavy (non-hydrogen) atoms. The second-order valence-corrected chi connectivity index (χ2v) is 10.3. The van der Waals surface area contributed by atoms with Gasteiger partial charge in [-0.25, -0.2) is 4.79 Å². The van der Waals surface area contributed by atoms with E-state index in [4.69, 9.17) is 9.47 Å². The van der Waals surface area contributed by atoms with Gasteiger partial charge in [0.25, 0.3) is 0 Å². The predicted octanol–water partition coefficient (Wildman–Crippen LogP) is 6.52. The molecule has 2 aliphatic heterocycles. The first-order chi connectivity index (χ1) is 15.8. The van der Waals surface area contributed by atoms with Crippen molar-refractivity contribution in [2.45, 2.75) is 77.2 Å². The number of aryl methyl sites for hydroxylation is 1. The quantitative estimate of drug-likeness (QED) is 0.461. The zero-order valence-electron chi connectivity index (χ0n) is 19.9. The molecule has 1 aromatic heterocycles. The van der Waals surface area contributed by atoms with E-state index in [0.717, 1.165) is 47.9 Å². The van der Waals surface area contributed by atoms with Crippen molar-refractivity contribution in [3.63, 3.8) is 0 Å². The summed E-state index contributed by atoms with van der Waals surface area (Å²) in [7, 11) is 0. The van der Waals surface area contributed by atoms with Crippen LogP contribution < -0.4 is 4.74 Å². The van der Waals surface area contributed by atoms with E-state index in [1.54, 1.807) is 0 Å². The molecule has 0 unspecified atom stereocenters. The van der Waals surface area contributed by atoms with Gasteiger partial charge < -0.3 is 14.4 Å². The second kappa shape index (κ2) is 8.36. The van der Waals surface area contributed by atoms with Crippen LogP contribution in [0.1, 0.15) is 52.0 Å². The van der Waals surface area contributed by atoms with E-state index in [9.17, 15) is 4.79 Å². The van der Waals surface area contributed by atoms with Crippen molar-refractivity contribution < 1.29 is 14.3 Å². The zero-order valence-corrected chi connectivity index (χ0v) is 19.9. The van der Waals surface area contributed by atoms with Crippen molar-refractivity contribution in [3.8, 4) is 16.9 Å². The first-order valence-electron chi connectivity index (χ1n) is 11.9. The Labute approximate surface area is 195 Å². The summed E-state index contributed by atoms with van der Waals surface area (Å²) in [5.41, 5.74) is 4.12. The predicted molar refractivity (Wildman–Crippen MR) is 130 cm³/mol. The summed E-state index contributed by atoms with van der Waals surface area (Å²) in [6, 6.07) is 17.1. The summed E-state index contributed by atoms with van der Waals surface area (Å²) < 4.78 is 12.0. The maximum atomic E-state index is 12.7. The molecule has 2 aliphatic rings. The van der Waals surface area contributed by atoms with Gasteiger partial charge in [0.2, 0.25) is 0 Å². The number of piperidine rings is 1. The number of ether oxygens (including phenoxy) is 2. The summed E-state index contributed by atoms with van der Waals surface area (Å²) in [6.07, 6.45) is 5.55. The number of carbonyl (C=O) groups is 1. The lowest BCUT2D eigenvalue weighted by Crippen LogP contribution is -2.50. The highest BCUT2D eigenvalue weighted by Gasteiger charge is 2.45. The van der Waals surface area contributed by atoms with Gasteiger partial charge in [-0.15, -0.1) is 0 Å². The third kappa shape index (κ3) is 4.41. The Morgan fingerprint density at radius 2 is 1.70 bits per heavy atom. The van der Waals surface area contributed by atoms with Crippen LogP contribution in [0.4, 0.5) is 4.79 Å². The van der Waals surface area contributed by atoms with Gasteiger partial charge >= 0.3 is 6.09 Å². The first-order valence-corrected chi connectivity index (χ1v) is 11.9. The number of pyridine rings is 1. The smallest absolute Gasteiger partial charge is 0.410 e. The van der Waals surface area contributed by atoms with Crippen molar-refractivity contribution >= 4 is 17.0 Å². The fraction of sp³-hybridized carbons (Fsp3) is 0.429. The highest BCUT2D eigenvalue weighted by molar-refractivity contribution is 5.88. The average molecular weight is 445 g/mol. The molecule has 3 aromatic rings. The molecule has 172 valence electrons. The third-order valence-corrected chi connectivity index (χ3v) is 6.79. The van der Waals surface area contributed by atoms with E-state index in [1.807, 2.05) is 37.9 Å². The number of hydrogen-bond donors (Lipinski definition) is 0. The van der Waals surface area contributed by atoms with E-state index >= 15 is 0 Å². The maximum Gasteiger partial charge on any atom is 0.410 e. The van der Waals surface area contributed by atoms with E-state index in [2.05, 4.69) is 54.4 Å². The van der Waals surface area contributed by atoms with Crippen LogP contribution >= 0.6 is 0 Å². The molecule has 3 heterocycles. The minimum atomic E-state index is -0.467. The summed E-state index contributed by atoms with van der Waals surface area (Å²) in [4.78, 5) is 19.2. The largest absolute Gasteiger partial charge is 0.490 e. The standard InChI is InChI=1S/C28H32N2O3/c1-18-25(14-9-20-6-5-15-29-26(18)20)19-7-12-23(13-8-19)32-24-16-21-10-11-22(17-24)30(21)27(31)33-28(2,3)4/h5-9,12-15,21-22,24H,10-11,16-17H2,1-4H3/t21-,22+,24-. The Hall–Kier alpha value is -3.08. The number of carbonyl (C=O) groups excluding carboxylic acids is 1. The van der Waals surface area contributed by atoms with Crippen LogP contribution in [0.2, 0.25) is 0 Å². The fourth-order valence-electron chi connectivity index (χ4n) is 5.35. The topological polar surface area (TPSA) is 51.7 Å². The highest BCUT2D eigenvalue weighted by Crippen LogP contribution is 2.38. The number of aromatic nitrogens is 1. The van der Waals surface area contributed by atoms with Crippen LogP contribution in [0.15, 0.2) is 54.7 Å². The summed E-state index contributed by atoms with van der Waals surface area (Å²) in [5.74, 6) is 0.880. The van der Waals surface area contributed by atoms with Gasteiger partial charge in [-0.2, -0.15) is 0 Å². The lowest BCUT2D eigenvalue weighted by Gasteiger charge is -2.39. The van der Waals surface area contributed by atoms with Crippen LogP contribution in [0.3, 0.4) is 0 Å². The van der Waals surface area contributed by atoms with Gasteiger partial charge in [0.1, 0.15) is 17.5 Å². The summed E-state index contributed by atoms with van der Waals surface area (Å²) >= 11 is 0. The van der Waals surface area contributed by atoms with Gasteiger partial charge in [0.05, 0.1) is 5.52 Å². The summed E-state index contributed by atoms with van der Waals surface area (Å²) in [6.45, 7) is 7.88. The van der Waals surface area contributed by atoms with Crippen molar-refractivity contribution in [1.29, 1.82) is 0 Å². The second-order valence-electron chi connectivity index (χ2n) is 10.3. The average Bonchev–Trinajstić information content (AvgIpc) is 3.05. The van der Waals surface area contributed by atoms with Crippen LogP contribution in [0, 0.1) is 6.92 Å². The fourth-order valence-corrected chi connectivity index (χ4v) is 5.35.